The molecular weight excluding hydrogens is 364 g/mol. The molecule has 2 aromatic carbocycles. The molecule has 2 amide bonds. The topological polar surface area (TPSA) is 82.3 Å². The molecule has 6 nitrogen and oxygen atoms in total. The fourth-order valence-electron chi connectivity index (χ4n) is 3.16. The normalized spacial score (nSPS) is 18.9. The zero-order chi connectivity index (χ0) is 19.4. The highest BCUT2D eigenvalue weighted by molar-refractivity contribution is 6.30. The zero-order valence-electron chi connectivity index (χ0n) is 15.3. The highest BCUT2D eigenvalue weighted by atomic mass is 35.5. The molecule has 1 heterocycles. The summed E-state index contributed by atoms with van der Waals surface area (Å²) in [4.78, 5) is 24.5. The Balaban J connectivity index is 1.50. The fraction of sp³-hybridized carbons (Fsp3) is 0.300. The molecule has 4 N–H and O–H groups in total. The molecule has 0 saturated carbocycles. The summed E-state index contributed by atoms with van der Waals surface area (Å²) in [7, 11) is 0. The van der Waals surface area contributed by atoms with Gasteiger partial charge in [-0.05, 0) is 49.1 Å². The summed E-state index contributed by atoms with van der Waals surface area (Å²) in [5.41, 5.74) is 9.86. The first-order valence-electron chi connectivity index (χ1n) is 8.84. The van der Waals surface area contributed by atoms with Crippen LogP contribution in [0.15, 0.2) is 42.5 Å². The molecule has 0 aliphatic carbocycles. The summed E-state index contributed by atoms with van der Waals surface area (Å²) in [6.45, 7) is 3.79. The zero-order valence-corrected chi connectivity index (χ0v) is 16.1. The van der Waals surface area contributed by atoms with Gasteiger partial charge in [0.1, 0.15) is 6.04 Å². The first-order chi connectivity index (χ1) is 12.9. The molecule has 1 aliphatic heterocycles. The smallest absolute Gasteiger partial charge is 0.243 e. The van der Waals surface area contributed by atoms with Gasteiger partial charge in [0.2, 0.25) is 11.8 Å². The number of hydrogen-bond donors (Lipinski definition) is 4. The van der Waals surface area contributed by atoms with Gasteiger partial charge >= 0.3 is 0 Å². The van der Waals surface area contributed by atoms with Crippen LogP contribution in [-0.4, -0.2) is 24.4 Å². The maximum Gasteiger partial charge on any atom is 0.243 e. The summed E-state index contributed by atoms with van der Waals surface area (Å²) >= 11 is 6.02. The lowest BCUT2D eigenvalue weighted by Crippen LogP contribution is -2.45. The van der Waals surface area contributed by atoms with E-state index in [4.69, 9.17) is 11.6 Å². The molecule has 2 unspecified atom stereocenters. The Morgan fingerprint density at radius 2 is 1.81 bits per heavy atom. The van der Waals surface area contributed by atoms with E-state index in [0.717, 1.165) is 22.4 Å². The van der Waals surface area contributed by atoms with Crippen molar-refractivity contribution < 1.29 is 9.59 Å². The van der Waals surface area contributed by atoms with Crippen LogP contribution in [0.2, 0.25) is 5.02 Å². The molecule has 27 heavy (non-hydrogen) atoms. The summed E-state index contributed by atoms with van der Waals surface area (Å²) < 4.78 is 0. The maximum atomic E-state index is 12.4. The molecule has 2 atom stereocenters. The van der Waals surface area contributed by atoms with Crippen LogP contribution in [0.5, 0.6) is 0 Å². The van der Waals surface area contributed by atoms with E-state index in [2.05, 4.69) is 21.5 Å². The van der Waals surface area contributed by atoms with Gasteiger partial charge < -0.3 is 10.6 Å². The van der Waals surface area contributed by atoms with Gasteiger partial charge in [0.25, 0.3) is 0 Å². The van der Waals surface area contributed by atoms with Crippen molar-refractivity contribution in [2.45, 2.75) is 32.4 Å². The molecular formula is C20H23ClN4O2. The monoisotopic (exact) mass is 386 g/mol. The van der Waals surface area contributed by atoms with Gasteiger partial charge in [-0.3, -0.25) is 9.59 Å². The van der Waals surface area contributed by atoms with Crippen LogP contribution in [0.3, 0.4) is 0 Å². The molecule has 7 heteroatoms. The fourth-order valence-corrected chi connectivity index (χ4v) is 3.35. The number of hydrazine groups is 1. The summed E-state index contributed by atoms with van der Waals surface area (Å²) in [5.74, 6) is -0.471. The lowest BCUT2D eigenvalue weighted by atomic mass is 10.0. The van der Waals surface area contributed by atoms with E-state index in [1.807, 2.05) is 56.3 Å². The van der Waals surface area contributed by atoms with E-state index in [-0.39, 0.29) is 24.4 Å². The van der Waals surface area contributed by atoms with Crippen molar-refractivity contribution in [2.24, 2.45) is 0 Å². The molecule has 2 aromatic rings. The number of anilines is 1. The molecule has 3 rings (SSSR count). The van der Waals surface area contributed by atoms with E-state index in [1.165, 1.54) is 0 Å². The quantitative estimate of drug-likeness (QED) is 0.636. The van der Waals surface area contributed by atoms with Crippen LogP contribution < -0.4 is 21.5 Å². The van der Waals surface area contributed by atoms with Gasteiger partial charge in [0.15, 0.2) is 0 Å². The van der Waals surface area contributed by atoms with E-state index < -0.39 is 6.04 Å². The summed E-state index contributed by atoms with van der Waals surface area (Å²) in [6, 6.07) is 12.9. The number of rotatable bonds is 5. The Bertz CT molecular complexity index is 835. The Labute approximate surface area is 163 Å². The molecule has 142 valence electrons. The van der Waals surface area contributed by atoms with Crippen molar-refractivity contribution in [3.8, 4) is 0 Å². The largest absolute Gasteiger partial charge is 0.346 e. The first-order valence-corrected chi connectivity index (χ1v) is 9.22. The predicted octanol–water partition coefficient (Wildman–Crippen LogP) is 2.62. The number of carbonyl (C=O) groups is 2. The molecule has 1 aliphatic rings. The van der Waals surface area contributed by atoms with E-state index in [9.17, 15) is 9.59 Å². The Kier molecular flexibility index (Phi) is 6.11. The average Bonchev–Trinajstić information content (AvgIpc) is 3.13. The standard InChI is InChI=1S/C20H23ClN4O2/c1-12-5-3-6-13(2)19(12)23-18(26)11-22-20(27)17-10-16(24-25-17)14-7-4-8-15(21)9-14/h3-9,16-17,24-25H,10-11H2,1-2H3,(H,22,27)(H,23,26). The van der Waals surface area contributed by atoms with Crippen LogP contribution in [0.4, 0.5) is 5.69 Å². The lowest BCUT2D eigenvalue weighted by Gasteiger charge is -2.13. The van der Waals surface area contributed by atoms with Crippen molar-refractivity contribution in [3.05, 3.63) is 64.2 Å². The van der Waals surface area contributed by atoms with E-state index in [1.54, 1.807) is 0 Å². The number of carbonyl (C=O) groups excluding carboxylic acids is 2. The lowest BCUT2D eigenvalue weighted by molar-refractivity contribution is -0.125. The van der Waals surface area contributed by atoms with Crippen molar-refractivity contribution >= 4 is 29.1 Å². The molecule has 0 radical (unpaired) electrons. The molecule has 0 aromatic heterocycles. The van der Waals surface area contributed by atoms with Crippen LogP contribution in [0, 0.1) is 13.8 Å². The van der Waals surface area contributed by atoms with Gasteiger partial charge in [-0.25, -0.2) is 10.9 Å². The van der Waals surface area contributed by atoms with Gasteiger partial charge in [-0.15, -0.1) is 0 Å². The summed E-state index contributed by atoms with van der Waals surface area (Å²) in [5, 5.41) is 6.21. The average molecular weight is 387 g/mol. The van der Waals surface area contributed by atoms with Gasteiger partial charge in [-0.1, -0.05) is 41.9 Å². The Morgan fingerprint density at radius 3 is 2.52 bits per heavy atom. The minimum atomic E-state index is -0.415. The predicted molar refractivity (Wildman–Crippen MR) is 106 cm³/mol. The molecule has 0 spiro atoms. The molecule has 1 fully saturated rings. The first kappa shape index (κ1) is 19.4. The van der Waals surface area contributed by atoms with E-state index >= 15 is 0 Å². The summed E-state index contributed by atoms with van der Waals surface area (Å²) in [6.07, 6.45) is 0.574. The number of halogens is 1. The maximum absolute atomic E-state index is 12.4. The third kappa shape index (κ3) is 4.86. The number of hydrogen-bond acceptors (Lipinski definition) is 4. The van der Waals surface area contributed by atoms with Gasteiger partial charge in [0.05, 0.1) is 6.54 Å². The van der Waals surface area contributed by atoms with Crippen LogP contribution in [0.1, 0.15) is 29.2 Å². The highest BCUT2D eigenvalue weighted by Gasteiger charge is 2.30. The van der Waals surface area contributed by atoms with E-state index in [0.29, 0.717) is 11.4 Å². The second-order valence-corrected chi connectivity index (χ2v) is 7.15. The van der Waals surface area contributed by atoms with Gasteiger partial charge in [-0.2, -0.15) is 0 Å². The van der Waals surface area contributed by atoms with Crippen LogP contribution in [-0.2, 0) is 9.59 Å². The minimum absolute atomic E-state index is 0.0112. The second kappa shape index (κ2) is 8.52. The third-order valence-electron chi connectivity index (χ3n) is 4.64. The number of aryl methyl sites for hydroxylation is 2. The van der Waals surface area contributed by atoms with Crippen molar-refractivity contribution in [1.82, 2.24) is 16.2 Å². The SMILES string of the molecule is Cc1cccc(C)c1NC(=O)CNC(=O)C1CC(c2cccc(Cl)c2)NN1. The van der Waals surface area contributed by atoms with Crippen molar-refractivity contribution in [1.29, 1.82) is 0 Å². The van der Waals surface area contributed by atoms with Gasteiger partial charge in [0, 0.05) is 16.8 Å². The number of para-hydroxylation sites is 1. The molecule has 0 bridgehead atoms. The van der Waals surface area contributed by atoms with Crippen molar-refractivity contribution in [3.63, 3.8) is 0 Å². The second-order valence-electron chi connectivity index (χ2n) is 6.72. The molecule has 1 saturated heterocycles. The number of nitrogens with one attached hydrogen (secondary N) is 4. The Hall–Kier alpha value is -2.41. The number of amides is 2. The number of benzene rings is 2. The van der Waals surface area contributed by atoms with Crippen molar-refractivity contribution in [2.75, 3.05) is 11.9 Å². The minimum Gasteiger partial charge on any atom is -0.346 e. The highest BCUT2D eigenvalue weighted by Crippen LogP contribution is 2.24. The van der Waals surface area contributed by atoms with Crippen LogP contribution >= 0.6 is 11.6 Å². The third-order valence-corrected chi connectivity index (χ3v) is 4.87. The Morgan fingerprint density at radius 1 is 1.11 bits per heavy atom. The van der Waals surface area contributed by atoms with Crippen LogP contribution in [0.25, 0.3) is 0 Å².